The van der Waals surface area contributed by atoms with Crippen LogP contribution in [0, 0.1) is 23.2 Å². The van der Waals surface area contributed by atoms with E-state index in [1.54, 1.807) is 0 Å². The molecule has 0 spiro atoms. The predicted octanol–water partition coefficient (Wildman–Crippen LogP) is 2.10. The molecule has 0 saturated heterocycles. The van der Waals surface area contributed by atoms with Gasteiger partial charge in [-0.3, -0.25) is 4.79 Å². The number of hydrogen-bond acceptors (Lipinski definition) is 5. The van der Waals surface area contributed by atoms with E-state index in [0.717, 1.165) is 25.7 Å². The van der Waals surface area contributed by atoms with Crippen molar-refractivity contribution in [3.63, 3.8) is 0 Å². The predicted molar refractivity (Wildman–Crippen MR) is 80.9 cm³/mol. The SMILES string of the molecule is C=C1OC(=O)C2=C1OC1C(O)C3CCCCC3C(C)(C2=O)C1C. The summed E-state index contributed by atoms with van der Waals surface area (Å²) >= 11 is 0. The maximum absolute atomic E-state index is 13.3. The molecular formula is C18H22O5. The second kappa shape index (κ2) is 4.69. The molecule has 23 heavy (non-hydrogen) atoms. The maximum atomic E-state index is 13.3. The number of rotatable bonds is 0. The molecule has 2 fully saturated rings. The molecule has 0 amide bonds. The van der Waals surface area contributed by atoms with Gasteiger partial charge in [-0.15, -0.1) is 0 Å². The Balaban J connectivity index is 1.90. The molecule has 1 N–H and O–H groups in total. The smallest absolute Gasteiger partial charge is 0.351 e. The van der Waals surface area contributed by atoms with Gasteiger partial charge in [-0.25, -0.2) is 4.79 Å². The largest absolute Gasteiger partial charge is 0.482 e. The van der Waals surface area contributed by atoms with Crippen LogP contribution in [0.4, 0.5) is 0 Å². The molecule has 6 unspecified atom stereocenters. The summed E-state index contributed by atoms with van der Waals surface area (Å²) in [5.74, 6) is -0.705. The highest BCUT2D eigenvalue weighted by molar-refractivity contribution is 6.22. The minimum atomic E-state index is -0.713. The van der Waals surface area contributed by atoms with Gasteiger partial charge in [0.25, 0.3) is 0 Å². The highest BCUT2D eigenvalue weighted by Gasteiger charge is 2.63. The van der Waals surface area contributed by atoms with E-state index < -0.39 is 23.6 Å². The second-order valence-corrected chi connectivity index (χ2v) is 7.55. The van der Waals surface area contributed by atoms with Crippen molar-refractivity contribution < 1.29 is 24.2 Å². The molecule has 2 bridgehead atoms. The molecule has 5 nitrogen and oxygen atoms in total. The van der Waals surface area contributed by atoms with E-state index in [4.69, 9.17) is 9.47 Å². The molecule has 124 valence electrons. The average Bonchev–Trinajstić information content (AvgIpc) is 2.78. The number of esters is 1. The Hall–Kier alpha value is -1.62. The second-order valence-electron chi connectivity index (χ2n) is 7.55. The molecule has 0 aromatic rings. The Morgan fingerprint density at radius 1 is 1.26 bits per heavy atom. The number of ketones is 1. The lowest BCUT2D eigenvalue weighted by atomic mass is 9.50. The number of carbonyl (C=O) groups excluding carboxylic acids is 2. The molecule has 4 rings (SSSR count). The van der Waals surface area contributed by atoms with E-state index in [1.165, 1.54) is 0 Å². The number of carbonyl (C=O) groups is 2. The van der Waals surface area contributed by atoms with Crippen LogP contribution in [0.2, 0.25) is 0 Å². The molecule has 0 radical (unpaired) electrons. The van der Waals surface area contributed by atoms with Crippen LogP contribution in [0.5, 0.6) is 0 Å². The van der Waals surface area contributed by atoms with Crippen LogP contribution >= 0.6 is 0 Å². The Morgan fingerprint density at radius 2 is 1.96 bits per heavy atom. The van der Waals surface area contributed by atoms with Crippen LogP contribution in [-0.4, -0.2) is 29.1 Å². The molecular weight excluding hydrogens is 296 g/mol. The van der Waals surface area contributed by atoms with E-state index in [1.807, 2.05) is 13.8 Å². The number of aliphatic hydroxyl groups excluding tert-OH is 1. The lowest BCUT2D eigenvalue weighted by molar-refractivity contribution is -0.176. The topological polar surface area (TPSA) is 72.8 Å². The van der Waals surface area contributed by atoms with Gasteiger partial charge in [0.2, 0.25) is 0 Å². The van der Waals surface area contributed by atoms with E-state index in [-0.39, 0.29) is 40.6 Å². The fraction of sp³-hybridized carbons (Fsp3) is 0.667. The van der Waals surface area contributed by atoms with Gasteiger partial charge >= 0.3 is 5.97 Å². The zero-order chi connectivity index (χ0) is 16.5. The van der Waals surface area contributed by atoms with E-state index in [9.17, 15) is 14.7 Å². The molecule has 0 aromatic heterocycles. The lowest BCUT2D eigenvalue weighted by Gasteiger charge is -2.54. The fourth-order valence-corrected chi connectivity index (χ4v) is 5.25. The maximum Gasteiger partial charge on any atom is 0.351 e. The summed E-state index contributed by atoms with van der Waals surface area (Å²) < 4.78 is 11.0. The standard InChI is InChI=1S/C18H22O5/c1-8-14-13(19)10-6-4-5-7-11(10)18(8,3)16(20)12-15(23-14)9(2)22-17(12)21/h8,10-11,13-14,19H,2,4-7H2,1,3H3. The average molecular weight is 318 g/mol. The summed E-state index contributed by atoms with van der Waals surface area (Å²) in [6.45, 7) is 7.57. The summed E-state index contributed by atoms with van der Waals surface area (Å²) in [7, 11) is 0. The van der Waals surface area contributed by atoms with Gasteiger partial charge in [-0.2, -0.15) is 0 Å². The van der Waals surface area contributed by atoms with Crippen molar-refractivity contribution in [3.05, 3.63) is 23.7 Å². The first-order chi connectivity index (χ1) is 10.9. The third-order valence-corrected chi connectivity index (χ3v) is 6.67. The van der Waals surface area contributed by atoms with E-state index >= 15 is 0 Å². The van der Waals surface area contributed by atoms with E-state index in [0.29, 0.717) is 0 Å². The van der Waals surface area contributed by atoms with Crippen molar-refractivity contribution in [3.8, 4) is 0 Å². The van der Waals surface area contributed by atoms with Gasteiger partial charge in [0.05, 0.1) is 6.10 Å². The Bertz CT molecular complexity index is 648. The van der Waals surface area contributed by atoms with Gasteiger partial charge in [0, 0.05) is 11.3 Å². The van der Waals surface area contributed by atoms with Crippen molar-refractivity contribution in [1.82, 2.24) is 0 Å². The Labute approximate surface area is 135 Å². The third-order valence-electron chi connectivity index (χ3n) is 6.67. The summed E-state index contributed by atoms with van der Waals surface area (Å²) in [4.78, 5) is 25.5. The normalized spacial score (nSPS) is 45.9. The Kier molecular flexibility index (Phi) is 3.05. The first-order valence-electron chi connectivity index (χ1n) is 8.42. The van der Waals surface area contributed by atoms with Gasteiger partial charge in [-0.05, 0) is 24.7 Å². The van der Waals surface area contributed by atoms with Crippen LogP contribution in [0.3, 0.4) is 0 Å². The zero-order valence-corrected chi connectivity index (χ0v) is 13.5. The van der Waals surface area contributed by atoms with Gasteiger partial charge in [-0.1, -0.05) is 33.3 Å². The summed E-state index contributed by atoms with van der Waals surface area (Å²) in [5.41, 5.74) is -0.722. The Morgan fingerprint density at radius 3 is 2.70 bits per heavy atom. The van der Waals surface area contributed by atoms with Crippen LogP contribution in [0.1, 0.15) is 39.5 Å². The number of hydrogen-bond donors (Lipinski definition) is 1. The van der Waals surface area contributed by atoms with Crippen molar-refractivity contribution in [2.45, 2.75) is 51.7 Å². The molecule has 5 heteroatoms. The van der Waals surface area contributed by atoms with Crippen LogP contribution in [0.15, 0.2) is 23.7 Å². The number of aliphatic hydroxyl groups is 1. The lowest BCUT2D eigenvalue weighted by Crippen LogP contribution is -2.60. The van der Waals surface area contributed by atoms with Crippen LogP contribution in [0.25, 0.3) is 0 Å². The summed E-state index contributed by atoms with van der Waals surface area (Å²) in [5, 5.41) is 10.9. The monoisotopic (exact) mass is 318 g/mol. The number of ether oxygens (including phenoxy) is 2. The molecule has 2 aliphatic carbocycles. The van der Waals surface area contributed by atoms with Gasteiger partial charge in [0.1, 0.15) is 11.7 Å². The van der Waals surface area contributed by atoms with Crippen molar-refractivity contribution in [1.29, 1.82) is 0 Å². The summed E-state index contributed by atoms with van der Waals surface area (Å²) in [6.07, 6.45) is 2.77. The van der Waals surface area contributed by atoms with Crippen molar-refractivity contribution in [2.24, 2.45) is 23.2 Å². The minimum Gasteiger partial charge on any atom is -0.482 e. The molecule has 4 aliphatic rings. The fourth-order valence-electron chi connectivity index (χ4n) is 5.25. The molecule has 0 aromatic carbocycles. The quantitative estimate of drug-likeness (QED) is 0.547. The van der Waals surface area contributed by atoms with Crippen molar-refractivity contribution >= 4 is 11.8 Å². The molecule has 2 saturated carbocycles. The van der Waals surface area contributed by atoms with Crippen LogP contribution in [-0.2, 0) is 19.1 Å². The molecule has 2 aliphatic heterocycles. The van der Waals surface area contributed by atoms with Gasteiger partial charge < -0.3 is 14.6 Å². The highest BCUT2D eigenvalue weighted by atomic mass is 16.6. The molecule has 2 heterocycles. The van der Waals surface area contributed by atoms with Gasteiger partial charge in [0.15, 0.2) is 17.3 Å². The number of fused-ring (bicyclic) bond motifs is 4. The first-order valence-corrected chi connectivity index (χ1v) is 8.42. The number of cyclic esters (lactones) is 1. The minimum absolute atomic E-state index is 0.00901. The zero-order valence-electron chi connectivity index (χ0n) is 13.5. The van der Waals surface area contributed by atoms with E-state index in [2.05, 4.69) is 6.58 Å². The summed E-state index contributed by atoms with van der Waals surface area (Å²) in [6, 6.07) is 0. The van der Waals surface area contributed by atoms with Crippen LogP contribution < -0.4 is 0 Å². The third kappa shape index (κ3) is 1.71. The highest BCUT2D eigenvalue weighted by Crippen LogP contribution is 2.58. The van der Waals surface area contributed by atoms with Crippen molar-refractivity contribution in [2.75, 3.05) is 0 Å². The number of Topliss-reactive ketones (excluding diaryl/α,β-unsaturated/α-hetero) is 1. The first kappa shape index (κ1) is 14.9. The molecule has 6 atom stereocenters.